The van der Waals surface area contributed by atoms with Crippen LogP contribution in [0.2, 0.25) is 0 Å². The van der Waals surface area contributed by atoms with E-state index in [0.29, 0.717) is 11.1 Å². The van der Waals surface area contributed by atoms with Gasteiger partial charge in [-0.05, 0) is 48.4 Å². The standard InChI is InChI=1S/C18H14F2N2O4/c1-2-25-17-10-12(3-8-16(17)26-18(19)20)9-14(11-21)13-4-6-15(7-5-13)22(23)24/h3-10,18H,2H2,1H3/b14-9+. The molecule has 0 aliphatic carbocycles. The third kappa shape index (κ3) is 4.77. The van der Waals surface area contributed by atoms with Crippen molar-refractivity contribution in [2.45, 2.75) is 13.5 Å². The number of alkyl halides is 2. The van der Waals surface area contributed by atoms with E-state index < -0.39 is 11.5 Å². The van der Waals surface area contributed by atoms with Crippen molar-refractivity contribution in [3.05, 3.63) is 63.7 Å². The number of nitriles is 1. The van der Waals surface area contributed by atoms with E-state index in [-0.39, 0.29) is 29.4 Å². The van der Waals surface area contributed by atoms with Gasteiger partial charge >= 0.3 is 6.61 Å². The Morgan fingerprint density at radius 2 is 1.96 bits per heavy atom. The van der Waals surface area contributed by atoms with Gasteiger partial charge in [-0.1, -0.05) is 6.07 Å². The highest BCUT2D eigenvalue weighted by Gasteiger charge is 2.12. The van der Waals surface area contributed by atoms with Crippen LogP contribution in [0.15, 0.2) is 42.5 Å². The third-order valence-electron chi connectivity index (χ3n) is 3.30. The number of nitro benzene ring substituents is 1. The minimum Gasteiger partial charge on any atom is -0.490 e. The van der Waals surface area contributed by atoms with E-state index in [1.165, 1.54) is 48.5 Å². The van der Waals surface area contributed by atoms with Gasteiger partial charge < -0.3 is 9.47 Å². The van der Waals surface area contributed by atoms with Crippen molar-refractivity contribution in [3.63, 3.8) is 0 Å². The summed E-state index contributed by atoms with van der Waals surface area (Å²) in [5, 5.41) is 20.1. The number of nitro groups is 1. The molecule has 0 heterocycles. The van der Waals surface area contributed by atoms with Gasteiger partial charge in [0, 0.05) is 12.1 Å². The molecule has 6 nitrogen and oxygen atoms in total. The van der Waals surface area contributed by atoms with Crippen LogP contribution in [0.25, 0.3) is 11.6 Å². The van der Waals surface area contributed by atoms with Crippen molar-refractivity contribution in [2.75, 3.05) is 6.61 Å². The molecule has 0 radical (unpaired) electrons. The quantitative estimate of drug-likeness (QED) is 0.310. The van der Waals surface area contributed by atoms with Crippen LogP contribution in [0.3, 0.4) is 0 Å². The second-order valence-corrected chi connectivity index (χ2v) is 4.99. The van der Waals surface area contributed by atoms with Gasteiger partial charge in [-0.3, -0.25) is 10.1 Å². The molecule has 0 unspecified atom stereocenters. The fraction of sp³-hybridized carbons (Fsp3) is 0.167. The van der Waals surface area contributed by atoms with Gasteiger partial charge in [0.05, 0.1) is 23.2 Å². The van der Waals surface area contributed by atoms with Crippen LogP contribution in [0.5, 0.6) is 11.5 Å². The van der Waals surface area contributed by atoms with Crippen molar-refractivity contribution in [2.24, 2.45) is 0 Å². The number of benzene rings is 2. The number of hydrogen-bond donors (Lipinski definition) is 0. The summed E-state index contributed by atoms with van der Waals surface area (Å²) < 4.78 is 34.6. The van der Waals surface area contributed by atoms with Crippen LogP contribution in [0.4, 0.5) is 14.5 Å². The zero-order chi connectivity index (χ0) is 19.1. The lowest BCUT2D eigenvalue weighted by Gasteiger charge is -2.12. The average Bonchev–Trinajstić information content (AvgIpc) is 2.61. The number of nitrogens with zero attached hydrogens (tertiary/aromatic N) is 2. The largest absolute Gasteiger partial charge is 0.490 e. The number of allylic oxidation sites excluding steroid dienone is 1. The first-order valence-corrected chi connectivity index (χ1v) is 7.53. The van der Waals surface area contributed by atoms with Crippen molar-refractivity contribution >= 4 is 17.3 Å². The fourth-order valence-corrected chi connectivity index (χ4v) is 2.19. The Hall–Kier alpha value is -3.47. The molecule has 0 spiro atoms. The van der Waals surface area contributed by atoms with E-state index in [1.54, 1.807) is 6.92 Å². The van der Waals surface area contributed by atoms with Crippen molar-refractivity contribution < 1.29 is 23.2 Å². The monoisotopic (exact) mass is 360 g/mol. The highest BCUT2D eigenvalue weighted by Crippen LogP contribution is 2.31. The molecule has 0 aliphatic heterocycles. The van der Waals surface area contributed by atoms with E-state index in [0.717, 1.165) is 0 Å². The average molecular weight is 360 g/mol. The summed E-state index contributed by atoms with van der Waals surface area (Å²) in [6.07, 6.45) is 1.52. The molecule has 0 fully saturated rings. The fourth-order valence-electron chi connectivity index (χ4n) is 2.19. The molecule has 8 heteroatoms. The van der Waals surface area contributed by atoms with Crippen molar-refractivity contribution in [1.82, 2.24) is 0 Å². The number of non-ortho nitro benzene ring substituents is 1. The first-order valence-electron chi connectivity index (χ1n) is 7.53. The number of hydrogen-bond acceptors (Lipinski definition) is 5. The highest BCUT2D eigenvalue weighted by molar-refractivity contribution is 5.90. The summed E-state index contributed by atoms with van der Waals surface area (Å²) in [7, 11) is 0. The lowest BCUT2D eigenvalue weighted by atomic mass is 10.0. The van der Waals surface area contributed by atoms with E-state index in [2.05, 4.69) is 4.74 Å². The Morgan fingerprint density at radius 3 is 2.50 bits per heavy atom. The maximum atomic E-state index is 12.4. The zero-order valence-corrected chi connectivity index (χ0v) is 13.7. The normalized spacial score (nSPS) is 11.1. The minimum atomic E-state index is -2.98. The van der Waals surface area contributed by atoms with Crippen LogP contribution in [-0.2, 0) is 0 Å². The molecule has 26 heavy (non-hydrogen) atoms. The number of ether oxygens (including phenoxy) is 2. The molecule has 0 aromatic heterocycles. The Bertz CT molecular complexity index is 858. The topological polar surface area (TPSA) is 85.4 Å². The summed E-state index contributed by atoms with van der Waals surface area (Å²) in [6.45, 7) is -1.03. The first-order chi connectivity index (χ1) is 12.4. The summed E-state index contributed by atoms with van der Waals surface area (Å²) in [5.74, 6) is 0.0235. The summed E-state index contributed by atoms with van der Waals surface area (Å²) in [4.78, 5) is 10.2. The third-order valence-corrected chi connectivity index (χ3v) is 3.30. The molecule has 2 rings (SSSR count). The number of halogens is 2. The second-order valence-electron chi connectivity index (χ2n) is 4.99. The molecule has 0 N–H and O–H groups in total. The smallest absolute Gasteiger partial charge is 0.387 e. The molecule has 0 saturated heterocycles. The summed E-state index contributed by atoms with van der Waals surface area (Å²) in [6, 6.07) is 11.8. The van der Waals surface area contributed by atoms with Gasteiger partial charge in [0.1, 0.15) is 0 Å². The summed E-state index contributed by atoms with van der Waals surface area (Å²) >= 11 is 0. The first kappa shape index (κ1) is 18.9. The maximum Gasteiger partial charge on any atom is 0.387 e. The van der Waals surface area contributed by atoms with Gasteiger partial charge in [-0.25, -0.2) is 0 Å². The highest BCUT2D eigenvalue weighted by atomic mass is 19.3. The number of rotatable bonds is 7. The lowest BCUT2D eigenvalue weighted by Crippen LogP contribution is -2.04. The van der Waals surface area contributed by atoms with Crippen LogP contribution < -0.4 is 9.47 Å². The Labute approximate surface area is 148 Å². The summed E-state index contributed by atoms with van der Waals surface area (Å²) in [5.41, 5.74) is 1.19. The van der Waals surface area contributed by atoms with E-state index in [9.17, 15) is 24.2 Å². The molecule has 2 aromatic rings. The van der Waals surface area contributed by atoms with Crippen LogP contribution in [0, 0.1) is 21.4 Å². The molecule has 0 atom stereocenters. The zero-order valence-electron chi connectivity index (χ0n) is 13.7. The molecule has 0 saturated carbocycles. The van der Waals surface area contributed by atoms with E-state index in [4.69, 9.17) is 4.74 Å². The van der Waals surface area contributed by atoms with Gasteiger partial charge in [0.15, 0.2) is 11.5 Å². The molecular formula is C18H14F2N2O4. The molecule has 0 aliphatic rings. The van der Waals surface area contributed by atoms with Crippen LogP contribution >= 0.6 is 0 Å². The van der Waals surface area contributed by atoms with Gasteiger partial charge in [0.2, 0.25) is 0 Å². The van der Waals surface area contributed by atoms with Crippen molar-refractivity contribution in [1.29, 1.82) is 5.26 Å². The maximum absolute atomic E-state index is 12.4. The molecule has 2 aromatic carbocycles. The van der Waals surface area contributed by atoms with Gasteiger partial charge in [-0.2, -0.15) is 14.0 Å². The molecular weight excluding hydrogens is 346 g/mol. The predicted octanol–water partition coefficient (Wildman–Crippen LogP) is 4.66. The molecule has 0 amide bonds. The Balaban J connectivity index is 2.37. The minimum absolute atomic E-state index is 0.0850. The Morgan fingerprint density at radius 1 is 1.27 bits per heavy atom. The second kappa shape index (κ2) is 8.58. The SMILES string of the molecule is CCOc1cc(/C=C(\C#N)c2ccc([N+](=O)[O-])cc2)ccc1OC(F)F. The van der Waals surface area contributed by atoms with Crippen molar-refractivity contribution in [3.8, 4) is 17.6 Å². The van der Waals surface area contributed by atoms with Crippen LogP contribution in [-0.4, -0.2) is 18.1 Å². The predicted molar refractivity (Wildman–Crippen MR) is 90.8 cm³/mol. The molecule has 134 valence electrons. The van der Waals surface area contributed by atoms with E-state index >= 15 is 0 Å². The Kier molecular flexibility index (Phi) is 6.22. The lowest BCUT2D eigenvalue weighted by molar-refractivity contribution is -0.384. The van der Waals surface area contributed by atoms with Gasteiger partial charge in [0.25, 0.3) is 5.69 Å². The van der Waals surface area contributed by atoms with E-state index in [1.807, 2.05) is 6.07 Å². The van der Waals surface area contributed by atoms with Crippen LogP contribution in [0.1, 0.15) is 18.1 Å². The van der Waals surface area contributed by atoms with Gasteiger partial charge in [-0.15, -0.1) is 0 Å². The molecule has 0 bridgehead atoms.